The zero-order valence-electron chi connectivity index (χ0n) is 14.2. The van der Waals surface area contributed by atoms with Crippen LogP contribution in [0.3, 0.4) is 0 Å². The normalized spacial score (nSPS) is 21.3. The molecule has 1 nitrogen and oxygen atoms in total. The van der Waals surface area contributed by atoms with E-state index in [1.807, 2.05) is 0 Å². The molecule has 1 aliphatic heterocycles. The number of ether oxygens (including phenoxy) is 1. The molecule has 1 saturated heterocycles. The monoisotopic (exact) mass is 284 g/mol. The molecular weight excluding hydrogens is 244 g/mol. The Morgan fingerprint density at radius 2 is 1.35 bits per heavy atom. The maximum Gasteiger partial charge on any atom is 0.0516 e. The van der Waals surface area contributed by atoms with Gasteiger partial charge < -0.3 is 4.74 Å². The molecule has 20 heavy (non-hydrogen) atoms. The third-order valence-corrected chi connectivity index (χ3v) is 4.44. The van der Waals surface area contributed by atoms with Crippen molar-refractivity contribution in [3.8, 4) is 0 Å². The first-order valence-corrected chi connectivity index (χ1v) is 8.26. The minimum atomic E-state index is 0. The molecule has 1 saturated carbocycles. The van der Waals surface area contributed by atoms with Crippen molar-refractivity contribution in [1.29, 1.82) is 0 Å². The molecule has 0 aromatic carbocycles. The van der Waals surface area contributed by atoms with E-state index in [0.29, 0.717) is 10.8 Å². The van der Waals surface area contributed by atoms with Crippen LogP contribution >= 0.6 is 0 Å². The van der Waals surface area contributed by atoms with Crippen LogP contribution < -0.4 is 0 Å². The second kappa shape index (κ2) is 8.41. The fourth-order valence-electron chi connectivity index (χ4n) is 3.24. The molecule has 0 atom stereocenters. The summed E-state index contributed by atoms with van der Waals surface area (Å²) in [5.74, 6) is 1.85. The van der Waals surface area contributed by atoms with Crippen molar-refractivity contribution in [1.82, 2.24) is 0 Å². The molecule has 0 spiro atoms. The smallest absolute Gasteiger partial charge is 0.0516 e. The number of hydrogen-bond acceptors (Lipinski definition) is 1. The van der Waals surface area contributed by atoms with Crippen molar-refractivity contribution < 1.29 is 4.74 Å². The van der Waals surface area contributed by atoms with Gasteiger partial charge in [-0.3, -0.25) is 0 Å². The fourth-order valence-corrected chi connectivity index (χ4v) is 3.24. The summed E-state index contributed by atoms with van der Waals surface area (Å²) in [7, 11) is 0. The van der Waals surface area contributed by atoms with Gasteiger partial charge in [0.25, 0.3) is 0 Å². The number of rotatable bonds is 1. The van der Waals surface area contributed by atoms with Crippen molar-refractivity contribution in [3.63, 3.8) is 0 Å². The first-order valence-electron chi connectivity index (χ1n) is 8.26. The van der Waals surface area contributed by atoms with E-state index in [1.165, 1.54) is 38.5 Å². The summed E-state index contributed by atoms with van der Waals surface area (Å²) in [5, 5.41) is 0. The van der Waals surface area contributed by atoms with Gasteiger partial charge in [0.2, 0.25) is 0 Å². The van der Waals surface area contributed by atoms with Gasteiger partial charge in [-0.25, -0.2) is 0 Å². The average molecular weight is 285 g/mol. The first kappa shape index (κ1) is 20.0. The highest BCUT2D eigenvalue weighted by Crippen LogP contribution is 2.37. The third-order valence-electron chi connectivity index (χ3n) is 4.44. The summed E-state index contributed by atoms with van der Waals surface area (Å²) in [4.78, 5) is 0. The van der Waals surface area contributed by atoms with Crippen molar-refractivity contribution in [2.75, 3.05) is 13.2 Å². The average Bonchev–Trinajstić information content (AvgIpc) is 2.24. The molecular formula is C19H40O. The Balaban J connectivity index is 0.000000345. The van der Waals surface area contributed by atoms with Gasteiger partial charge in [0.1, 0.15) is 0 Å². The molecule has 1 heteroatoms. The van der Waals surface area contributed by atoms with Gasteiger partial charge in [0.15, 0.2) is 0 Å². The lowest BCUT2D eigenvalue weighted by Crippen LogP contribution is -2.31. The van der Waals surface area contributed by atoms with Crippen molar-refractivity contribution in [2.45, 2.75) is 87.5 Å². The first-order chi connectivity index (χ1) is 8.68. The molecule has 122 valence electrons. The summed E-state index contributed by atoms with van der Waals surface area (Å²) in [6.45, 7) is 16.0. The molecule has 0 amide bonds. The molecule has 0 N–H and O–H groups in total. The van der Waals surface area contributed by atoms with Crippen molar-refractivity contribution in [2.24, 2.45) is 22.7 Å². The van der Waals surface area contributed by atoms with Gasteiger partial charge in [0, 0.05) is 5.92 Å². The van der Waals surface area contributed by atoms with Crippen LogP contribution in [-0.2, 0) is 4.74 Å². The predicted octanol–water partition coefficient (Wildman–Crippen LogP) is 6.32. The lowest BCUT2D eigenvalue weighted by Gasteiger charge is -2.33. The Kier molecular flexibility index (Phi) is 8.40. The van der Waals surface area contributed by atoms with Crippen molar-refractivity contribution >= 4 is 0 Å². The molecule has 0 unspecified atom stereocenters. The Hall–Kier alpha value is -0.0400. The highest BCUT2D eigenvalue weighted by Gasteiger charge is 2.25. The molecule has 0 aromatic heterocycles. The number of hydrogen-bond donors (Lipinski definition) is 0. The van der Waals surface area contributed by atoms with Gasteiger partial charge in [-0.05, 0) is 36.0 Å². The standard InChI is InChI=1S/C10H20.C8H16O.CH4/c1-10(2,3)9-7-5-4-6-8-9;1-8(2,3)4-7-5-9-6-7;/h9H,4-8H2,1-3H3;7H,4-6H2,1-3H3;1H4. The third kappa shape index (κ3) is 8.29. The van der Waals surface area contributed by atoms with E-state index in [2.05, 4.69) is 41.5 Å². The van der Waals surface area contributed by atoms with Gasteiger partial charge in [-0.15, -0.1) is 0 Å². The zero-order valence-corrected chi connectivity index (χ0v) is 14.2. The zero-order chi connectivity index (χ0) is 14.5. The maximum atomic E-state index is 5.08. The van der Waals surface area contributed by atoms with Crippen LogP contribution in [0.15, 0.2) is 0 Å². The molecule has 0 radical (unpaired) electrons. The van der Waals surface area contributed by atoms with Crippen LogP contribution in [0.1, 0.15) is 87.5 Å². The van der Waals surface area contributed by atoms with E-state index in [0.717, 1.165) is 25.0 Å². The Bertz CT molecular complexity index is 233. The molecule has 2 rings (SSSR count). The second-order valence-electron chi connectivity index (χ2n) is 8.87. The maximum absolute atomic E-state index is 5.08. The molecule has 0 aromatic rings. The quantitative estimate of drug-likeness (QED) is 0.547. The van der Waals surface area contributed by atoms with Gasteiger partial charge in [0.05, 0.1) is 13.2 Å². The summed E-state index contributed by atoms with van der Waals surface area (Å²) >= 11 is 0. The van der Waals surface area contributed by atoms with Gasteiger partial charge in [-0.2, -0.15) is 0 Å². The van der Waals surface area contributed by atoms with Gasteiger partial charge >= 0.3 is 0 Å². The van der Waals surface area contributed by atoms with Crippen LogP contribution in [0.5, 0.6) is 0 Å². The van der Waals surface area contributed by atoms with E-state index in [-0.39, 0.29) is 7.43 Å². The Morgan fingerprint density at radius 3 is 1.55 bits per heavy atom. The Labute approximate surface area is 128 Å². The Morgan fingerprint density at radius 1 is 0.850 bits per heavy atom. The summed E-state index contributed by atoms with van der Waals surface area (Å²) in [6, 6.07) is 0. The van der Waals surface area contributed by atoms with E-state index >= 15 is 0 Å². The highest BCUT2D eigenvalue weighted by atomic mass is 16.5. The van der Waals surface area contributed by atoms with E-state index in [4.69, 9.17) is 4.74 Å². The van der Waals surface area contributed by atoms with Crippen LogP contribution in [0.2, 0.25) is 0 Å². The SMILES string of the molecule is C.CC(C)(C)C1CCCCC1.CC(C)(C)CC1COC1. The molecule has 2 fully saturated rings. The van der Waals surface area contributed by atoms with E-state index in [1.54, 1.807) is 0 Å². The van der Waals surface area contributed by atoms with Gasteiger partial charge in [-0.1, -0.05) is 68.2 Å². The molecule has 2 aliphatic rings. The fraction of sp³-hybridized carbons (Fsp3) is 1.00. The summed E-state index contributed by atoms with van der Waals surface area (Å²) in [5.41, 5.74) is 1.06. The van der Waals surface area contributed by atoms with Crippen LogP contribution in [0.25, 0.3) is 0 Å². The van der Waals surface area contributed by atoms with Crippen LogP contribution in [0.4, 0.5) is 0 Å². The highest BCUT2D eigenvalue weighted by molar-refractivity contribution is 4.76. The molecule has 1 aliphatic carbocycles. The van der Waals surface area contributed by atoms with E-state index < -0.39 is 0 Å². The topological polar surface area (TPSA) is 9.23 Å². The minimum Gasteiger partial charge on any atom is -0.381 e. The van der Waals surface area contributed by atoms with Crippen LogP contribution in [0, 0.1) is 22.7 Å². The summed E-state index contributed by atoms with van der Waals surface area (Å²) in [6.07, 6.45) is 8.69. The molecule has 1 heterocycles. The lowest BCUT2D eigenvalue weighted by atomic mass is 9.72. The van der Waals surface area contributed by atoms with E-state index in [9.17, 15) is 0 Å². The van der Waals surface area contributed by atoms with Crippen LogP contribution in [-0.4, -0.2) is 13.2 Å². The summed E-state index contributed by atoms with van der Waals surface area (Å²) < 4.78 is 5.08. The minimum absolute atomic E-state index is 0. The largest absolute Gasteiger partial charge is 0.381 e. The lowest BCUT2D eigenvalue weighted by molar-refractivity contribution is -0.0486. The van der Waals surface area contributed by atoms with Crippen molar-refractivity contribution in [3.05, 3.63) is 0 Å². The molecule has 0 bridgehead atoms. The predicted molar refractivity (Wildman–Crippen MR) is 91.1 cm³/mol. The second-order valence-corrected chi connectivity index (χ2v) is 8.87.